The third kappa shape index (κ3) is 5.32. The fraction of sp³-hybridized carbons (Fsp3) is 0.484. The van der Waals surface area contributed by atoms with Crippen LogP contribution in [0.2, 0.25) is 0 Å². The first-order valence-corrected chi connectivity index (χ1v) is 13.3. The molecule has 5 heteroatoms. The maximum atomic E-state index is 14.9. The highest BCUT2D eigenvalue weighted by atomic mass is 19.2. The van der Waals surface area contributed by atoms with Gasteiger partial charge < -0.3 is 4.74 Å². The molecule has 3 aliphatic rings. The van der Waals surface area contributed by atoms with Crippen LogP contribution in [0.5, 0.6) is 0 Å². The van der Waals surface area contributed by atoms with E-state index < -0.39 is 23.3 Å². The van der Waals surface area contributed by atoms with Crippen molar-refractivity contribution in [2.75, 3.05) is 6.61 Å². The summed E-state index contributed by atoms with van der Waals surface area (Å²) < 4.78 is 64.1. The quantitative estimate of drug-likeness (QED) is 0.211. The second-order valence-corrected chi connectivity index (χ2v) is 10.6. The van der Waals surface area contributed by atoms with E-state index in [1.807, 2.05) is 19.1 Å². The lowest BCUT2D eigenvalue weighted by Crippen LogP contribution is -2.16. The van der Waals surface area contributed by atoms with Crippen molar-refractivity contribution in [3.8, 4) is 0 Å². The minimum atomic E-state index is -0.778. The molecule has 0 spiro atoms. The molecule has 2 aromatic carbocycles. The van der Waals surface area contributed by atoms with Gasteiger partial charge in [-0.1, -0.05) is 42.5 Å². The molecule has 2 unspecified atom stereocenters. The van der Waals surface area contributed by atoms with Crippen molar-refractivity contribution in [2.24, 2.45) is 11.8 Å². The van der Waals surface area contributed by atoms with Crippen molar-refractivity contribution in [3.05, 3.63) is 88.0 Å². The number of hydrogen-bond donors (Lipinski definition) is 0. The molecule has 0 bridgehead atoms. The molecule has 2 atom stereocenters. The molecule has 1 saturated heterocycles. The summed E-state index contributed by atoms with van der Waals surface area (Å²) in [7, 11) is 0. The van der Waals surface area contributed by atoms with E-state index in [4.69, 9.17) is 4.74 Å². The van der Waals surface area contributed by atoms with E-state index >= 15 is 0 Å². The van der Waals surface area contributed by atoms with Gasteiger partial charge in [-0.3, -0.25) is 0 Å². The first kappa shape index (κ1) is 25.3. The van der Waals surface area contributed by atoms with Gasteiger partial charge in [-0.2, -0.15) is 0 Å². The van der Waals surface area contributed by atoms with Crippen molar-refractivity contribution in [2.45, 2.75) is 76.7 Å². The molecule has 0 amide bonds. The topological polar surface area (TPSA) is 12.5 Å². The zero-order valence-electron chi connectivity index (χ0n) is 20.8. The van der Waals surface area contributed by atoms with Crippen LogP contribution >= 0.6 is 0 Å². The number of halogens is 4. The molecule has 0 aromatic heterocycles. The fourth-order valence-corrected chi connectivity index (χ4v) is 6.07. The van der Waals surface area contributed by atoms with E-state index in [1.165, 1.54) is 0 Å². The Kier molecular flexibility index (Phi) is 7.66. The number of benzene rings is 2. The SMILES string of the molecule is C/C=C/C1CC=C(c2ccc(CCC3CCC(c4ccc(C5CO5)c(F)c4F)CC3)c(F)c2F)CC1. The van der Waals surface area contributed by atoms with Gasteiger partial charge in [-0.15, -0.1) is 0 Å². The van der Waals surface area contributed by atoms with Crippen molar-refractivity contribution in [3.63, 3.8) is 0 Å². The summed E-state index contributed by atoms with van der Waals surface area (Å²) in [6.07, 6.45) is 13.1. The maximum absolute atomic E-state index is 14.9. The van der Waals surface area contributed by atoms with Crippen molar-refractivity contribution in [1.29, 1.82) is 0 Å². The Morgan fingerprint density at radius 2 is 1.58 bits per heavy atom. The monoisotopic (exact) mass is 498 g/mol. The Bertz CT molecular complexity index is 1160. The number of epoxide rings is 1. The number of aryl methyl sites for hydroxylation is 1. The summed E-state index contributed by atoms with van der Waals surface area (Å²) in [6, 6.07) is 6.84. The standard InChI is InChI=1S/C31H34F4O/c1-2-3-19-4-9-21(10-5-19)24-15-14-23(28(32)29(24)33)13-8-20-6-11-22(12-7-20)25-16-17-26(27-18-36-27)31(35)30(25)34/h2-3,9,14-17,19-20,22,27H,4-8,10-13,18H2,1H3/b3-2+. The molecule has 2 aromatic rings. The van der Waals surface area contributed by atoms with Crippen molar-refractivity contribution in [1.82, 2.24) is 0 Å². The maximum Gasteiger partial charge on any atom is 0.166 e. The molecular weight excluding hydrogens is 464 g/mol. The molecule has 192 valence electrons. The molecule has 0 radical (unpaired) electrons. The predicted octanol–water partition coefficient (Wildman–Crippen LogP) is 8.98. The molecule has 1 saturated carbocycles. The average Bonchev–Trinajstić information content (AvgIpc) is 3.73. The van der Waals surface area contributed by atoms with Crippen LogP contribution in [-0.2, 0) is 11.2 Å². The highest BCUT2D eigenvalue weighted by Crippen LogP contribution is 2.41. The zero-order valence-corrected chi connectivity index (χ0v) is 20.8. The van der Waals surface area contributed by atoms with Gasteiger partial charge in [0.05, 0.1) is 6.61 Å². The van der Waals surface area contributed by atoms with Gasteiger partial charge in [0.2, 0.25) is 0 Å². The third-order valence-electron chi connectivity index (χ3n) is 8.36. The van der Waals surface area contributed by atoms with Crippen LogP contribution in [0.3, 0.4) is 0 Å². The molecule has 36 heavy (non-hydrogen) atoms. The summed E-state index contributed by atoms with van der Waals surface area (Å²) >= 11 is 0. The molecule has 2 fully saturated rings. The van der Waals surface area contributed by atoms with Gasteiger partial charge in [0, 0.05) is 11.1 Å². The first-order valence-electron chi connectivity index (χ1n) is 13.3. The molecule has 0 N–H and O–H groups in total. The summed E-state index contributed by atoms with van der Waals surface area (Å²) in [5, 5.41) is 0. The normalized spacial score (nSPS) is 26.3. The highest BCUT2D eigenvalue weighted by molar-refractivity contribution is 5.67. The average molecular weight is 499 g/mol. The van der Waals surface area contributed by atoms with E-state index in [0.717, 1.165) is 56.9 Å². The number of rotatable bonds is 7. The van der Waals surface area contributed by atoms with Crippen LogP contribution in [0.4, 0.5) is 17.6 Å². The van der Waals surface area contributed by atoms with Gasteiger partial charge in [0.25, 0.3) is 0 Å². The smallest absolute Gasteiger partial charge is 0.166 e. The second-order valence-electron chi connectivity index (χ2n) is 10.6. The van der Waals surface area contributed by atoms with Crippen molar-refractivity contribution >= 4 is 5.57 Å². The Morgan fingerprint density at radius 3 is 2.25 bits per heavy atom. The summed E-state index contributed by atoms with van der Waals surface area (Å²) in [4.78, 5) is 0. The van der Waals surface area contributed by atoms with E-state index in [9.17, 15) is 17.6 Å². The van der Waals surface area contributed by atoms with Crippen LogP contribution in [-0.4, -0.2) is 6.61 Å². The lowest BCUT2D eigenvalue weighted by Gasteiger charge is -2.29. The van der Waals surface area contributed by atoms with E-state index in [-0.39, 0.29) is 12.0 Å². The molecular formula is C31H34F4O. The van der Waals surface area contributed by atoms with Gasteiger partial charge in [-0.25, -0.2) is 17.6 Å². The molecule has 1 nitrogen and oxygen atoms in total. The molecule has 1 heterocycles. The summed E-state index contributed by atoms with van der Waals surface area (Å²) in [6.45, 7) is 2.45. The Balaban J connectivity index is 1.17. The Morgan fingerprint density at radius 1 is 0.861 bits per heavy atom. The fourth-order valence-electron chi connectivity index (χ4n) is 6.07. The highest BCUT2D eigenvalue weighted by Gasteiger charge is 2.32. The van der Waals surface area contributed by atoms with E-state index in [2.05, 4.69) is 6.08 Å². The van der Waals surface area contributed by atoms with E-state index in [0.29, 0.717) is 47.1 Å². The Labute approximate surface area is 211 Å². The Hall–Kier alpha value is -2.40. The molecule has 2 aliphatic carbocycles. The van der Waals surface area contributed by atoms with Gasteiger partial charge in [0.1, 0.15) is 6.10 Å². The lowest BCUT2D eigenvalue weighted by atomic mass is 9.76. The van der Waals surface area contributed by atoms with Gasteiger partial charge in [-0.05, 0) is 99.2 Å². The summed E-state index contributed by atoms with van der Waals surface area (Å²) in [5.74, 6) is -2.13. The van der Waals surface area contributed by atoms with Gasteiger partial charge >= 0.3 is 0 Å². The lowest BCUT2D eigenvalue weighted by molar-refractivity contribution is 0.303. The van der Waals surface area contributed by atoms with Crippen LogP contribution in [0.25, 0.3) is 5.57 Å². The first-order chi connectivity index (χ1) is 17.5. The van der Waals surface area contributed by atoms with Crippen LogP contribution in [0.15, 0.2) is 42.5 Å². The number of ether oxygens (including phenoxy) is 1. The predicted molar refractivity (Wildman–Crippen MR) is 135 cm³/mol. The molecule has 1 aliphatic heterocycles. The minimum absolute atomic E-state index is 0.00503. The molecule has 5 rings (SSSR count). The largest absolute Gasteiger partial charge is 0.368 e. The second kappa shape index (κ2) is 10.9. The van der Waals surface area contributed by atoms with E-state index in [1.54, 1.807) is 24.3 Å². The summed E-state index contributed by atoms with van der Waals surface area (Å²) in [5.41, 5.74) is 2.48. The van der Waals surface area contributed by atoms with Gasteiger partial charge in [0.15, 0.2) is 23.3 Å². The van der Waals surface area contributed by atoms with Crippen LogP contribution < -0.4 is 0 Å². The van der Waals surface area contributed by atoms with Crippen molar-refractivity contribution < 1.29 is 22.3 Å². The number of hydrogen-bond acceptors (Lipinski definition) is 1. The van der Waals surface area contributed by atoms with Crippen LogP contribution in [0, 0.1) is 35.1 Å². The third-order valence-corrected chi connectivity index (χ3v) is 8.36. The minimum Gasteiger partial charge on any atom is -0.368 e. The number of allylic oxidation sites excluding steroid dienone is 4. The van der Waals surface area contributed by atoms with Crippen LogP contribution in [0.1, 0.15) is 92.6 Å². The zero-order chi connectivity index (χ0) is 25.2.